The van der Waals surface area contributed by atoms with E-state index >= 15 is 0 Å². The maximum atomic E-state index is 12.6. The lowest BCUT2D eigenvalue weighted by atomic mass is 10.1. The molecule has 0 spiro atoms. The zero-order valence-electron chi connectivity index (χ0n) is 14.2. The van der Waals surface area contributed by atoms with Gasteiger partial charge in [0, 0.05) is 28.4 Å². The maximum absolute atomic E-state index is 12.6. The molecule has 3 rings (SSSR count). The first-order valence-electron chi connectivity index (χ1n) is 8.28. The Labute approximate surface area is 156 Å². The summed E-state index contributed by atoms with van der Waals surface area (Å²) in [7, 11) is 0. The first-order valence-corrected chi connectivity index (χ1v) is 9.54. The second-order valence-corrected chi connectivity index (χ2v) is 7.67. The molecular formula is C18H20ClN3O2S. The van der Waals surface area contributed by atoms with Gasteiger partial charge in [-0.2, -0.15) is 0 Å². The topological polar surface area (TPSA) is 62.3 Å². The number of carbonyl (C=O) groups excluding carboxylic acids is 2. The standard InChI is InChI=1S/C18H20ClN3O2S/c1-11(2)17(24)22-9-3-4-15(22)16(23)21-18-20-14(10-25-18)12-5-7-13(19)8-6-12/h5-8,10-11,15H,3-4,9H2,1-2H3,(H,20,21,23). The largest absolute Gasteiger partial charge is 0.330 e. The van der Waals surface area contributed by atoms with E-state index in [1.807, 2.05) is 43.5 Å². The van der Waals surface area contributed by atoms with E-state index in [1.54, 1.807) is 4.90 Å². The third-order valence-electron chi connectivity index (χ3n) is 4.21. The molecule has 0 radical (unpaired) electrons. The molecule has 0 bridgehead atoms. The number of halogens is 1. The summed E-state index contributed by atoms with van der Waals surface area (Å²) in [5, 5.41) is 5.96. The van der Waals surface area contributed by atoms with Crippen LogP contribution in [-0.4, -0.2) is 34.3 Å². The lowest BCUT2D eigenvalue weighted by Gasteiger charge is -2.25. The van der Waals surface area contributed by atoms with Gasteiger partial charge in [0.05, 0.1) is 5.69 Å². The van der Waals surface area contributed by atoms with Crippen LogP contribution in [0.4, 0.5) is 5.13 Å². The molecule has 1 aliphatic heterocycles. The fourth-order valence-corrected chi connectivity index (χ4v) is 3.76. The molecule has 0 saturated carbocycles. The first kappa shape index (κ1) is 17.9. The van der Waals surface area contributed by atoms with Crippen LogP contribution in [0.2, 0.25) is 5.02 Å². The molecule has 1 N–H and O–H groups in total. The van der Waals surface area contributed by atoms with Gasteiger partial charge in [0.25, 0.3) is 0 Å². The Bertz CT molecular complexity index is 773. The van der Waals surface area contributed by atoms with Crippen molar-refractivity contribution in [2.45, 2.75) is 32.7 Å². The second kappa shape index (κ2) is 7.54. The number of hydrogen-bond donors (Lipinski definition) is 1. The zero-order chi connectivity index (χ0) is 18.0. The highest BCUT2D eigenvalue weighted by Crippen LogP contribution is 2.27. The second-order valence-electron chi connectivity index (χ2n) is 6.38. The van der Waals surface area contributed by atoms with Crippen molar-refractivity contribution in [2.75, 3.05) is 11.9 Å². The number of benzene rings is 1. The van der Waals surface area contributed by atoms with Crippen molar-refractivity contribution >= 4 is 39.9 Å². The van der Waals surface area contributed by atoms with E-state index in [4.69, 9.17) is 11.6 Å². The van der Waals surface area contributed by atoms with Gasteiger partial charge in [-0.1, -0.05) is 37.6 Å². The first-order chi connectivity index (χ1) is 12.0. The highest BCUT2D eigenvalue weighted by atomic mass is 35.5. The Morgan fingerprint density at radius 3 is 2.72 bits per heavy atom. The van der Waals surface area contributed by atoms with Crippen molar-refractivity contribution in [3.8, 4) is 11.3 Å². The van der Waals surface area contributed by atoms with Crippen LogP contribution in [0.15, 0.2) is 29.6 Å². The van der Waals surface area contributed by atoms with Gasteiger partial charge in [-0.3, -0.25) is 9.59 Å². The van der Waals surface area contributed by atoms with Crippen molar-refractivity contribution in [1.82, 2.24) is 9.88 Å². The molecule has 1 saturated heterocycles. The molecule has 25 heavy (non-hydrogen) atoms. The van der Waals surface area contributed by atoms with E-state index < -0.39 is 6.04 Å². The number of aromatic nitrogens is 1. The number of amides is 2. The molecule has 2 aromatic rings. The van der Waals surface area contributed by atoms with E-state index in [-0.39, 0.29) is 17.7 Å². The Morgan fingerprint density at radius 2 is 2.04 bits per heavy atom. The molecule has 0 aliphatic carbocycles. The third kappa shape index (κ3) is 4.02. The minimum Gasteiger partial charge on any atom is -0.330 e. The number of nitrogens with zero attached hydrogens (tertiary/aromatic N) is 2. The van der Waals surface area contributed by atoms with E-state index in [1.165, 1.54) is 11.3 Å². The SMILES string of the molecule is CC(C)C(=O)N1CCCC1C(=O)Nc1nc(-c2ccc(Cl)cc2)cs1. The van der Waals surface area contributed by atoms with Crippen LogP contribution < -0.4 is 5.32 Å². The van der Waals surface area contributed by atoms with Crippen LogP contribution in [-0.2, 0) is 9.59 Å². The van der Waals surface area contributed by atoms with Crippen LogP contribution >= 0.6 is 22.9 Å². The summed E-state index contributed by atoms with van der Waals surface area (Å²) >= 11 is 7.27. The average molecular weight is 378 g/mol. The number of carbonyl (C=O) groups is 2. The summed E-state index contributed by atoms with van der Waals surface area (Å²) in [6.45, 7) is 4.35. The predicted molar refractivity (Wildman–Crippen MR) is 101 cm³/mol. The van der Waals surface area contributed by atoms with Gasteiger partial charge in [-0.15, -0.1) is 11.3 Å². The molecule has 2 heterocycles. The maximum Gasteiger partial charge on any atom is 0.248 e. The van der Waals surface area contributed by atoms with Gasteiger partial charge in [-0.25, -0.2) is 4.98 Å². The fraction of sp³-hybridized carbons (Fsp3) is 0.389. The highest BCUT2D eigenvalue weighted by Gasteiger charge is 2.35. The van der Waals surface area contributed by atoms with Crippen LogP contribution in [0.3, 0.4) is 0 Å². The lowest BCUT2D eigenvalue weighted by Crippen LogP contribution is -2.44. The van der Waals surface area contributed by atoms with Crippen LogP contribution in [0.25, 0.3) is 11.3 Å². The average Bonchev–Trinajstić information content (AvgIpc) is 3.24. The Morgan fingerprint density at radius 1 is 1.32 bits per heavy atom. The van der Waals surface area contributed by atoms with Crippen molar-refractivity contribution < 1.29 is 9.59 Å². The summed E-state index contributed by atoms with van der Waals surface area (Å²) in [5.41, 5.74) is 1.73. The number of nitrogens with one attached hydrogen (secondary N) is 1. The van der Waals surface area contributed by atoms with Crippen LogP contribution in [0.1, 0.15) is 26.7 Å². The fourth-order valence-electron chi connectivity index (χ4n) is 2.91. The summed E-state index contributed by atoms with van der Waals surface area (Å²) in [6.07, 6.45) is 1.55. The molecule has 7 heteroatoms. The molecule has 5 nitrogen and oxygen atoms in total. The molecule has 1 aromatic carbocycles. The van der Waals surface area contributed by atoms with E-state index in [0.717, 1.165) is 17.7 Å². The highest BCUT2D eigenvalue weighted by molar-refractivity contribution is 7.14. The quantitative estimate of drug-likeness (QED) is 0.874. The van der Waals surface area contributed by atoms with Gasteiger partial charge in [-0.05, 0) is 25.0 Å². The molecular weight excluding hydrogens is 358 g/mol. The van der Waals surface area contributed by atoms with Gasteiger partial charge in [0.1, 0.15) is 6.04 Å². The minimum absolute atomic E-state index is 0.0265. The number of anilines is 1. The summed E-state index contributed by atoms with van der Waals surface area (Å²) in [4.78, 5) is 31.0. The Balaban J connectivity index is 1.69. The van der Waals surface area contributed by atoms with Gasteiger partial charge in [0.15, 0.2) is 5.13 Å². The van der Waals surface area contributed by atoms with E-state index in [2.05, 4.69) is 10.3 Å². The zero-order valence-corrected chi connectivity index (χ0v) is 15.7. The predicted octanol–water partition coefficient (Wildman–Crippen LogP) is 4.05. The molecule has 2 amide bonds. The van der Waals surface area contributed by atoms with Crippen molar-refractivity contribution in [2.24, 2.45) is 5.92 Å². The van der Waals surface area contributed by atoms with Gasteiger partial charge in [0.2, 0.25) is 11.8 Å². The molecule has 1 unspecified atom stereocenters. The molecule has 1 aromatic heterocycles. The smallest absolute Gasteiger partial charge is 0.248 e. The van der Waals surface area contributed by atoms with E-state index in [0.29, 0.717) is 23.1 Å². The van der Waals surface area contributed by atoms with Crippen molar-refractivity contribution in [3.63, 3.8) is 0 Å². The summed E-state index contributed by atoms with van der Waals surface area (Å²) in [5.74, 6) is -0.244. The lowest BCUT2D eigenvalue weighted by molar-refractivity contribution is -0.139. The van der Waals surface area contributed by atoms with Crippen LogP contribution in [0.5, 0.6) is 0 Å². The minimum atomic E-state index is -0.405. The van der Waals surface area contributed by atoms with Crippen molar-refractivity contribution in [3.05, 3.63) is 34.7 Å². The monoisotopic (exact) mass is 377 g/mol. The van der Waals surface area contributed by atoms with Gasteiger partial charge >= 0.3 is 0 Å². The Hall–Kier alpha value is -1.92. The number of likely N-dealkylation sites (tertiary alicyclic amines) is 1. The van der Waals surface area contributed by atoms with Crippen LogP contribution in [0, 0.1) is 5.92 Å². The summed E-state index contributed by atoms with van der Waals surface area (Å²) < 4.78 is 0. The normalized spacial score (nSPS) is 17.1. The molecule has 1 aliphatic rings. The molecule has 1 atom stereocenters. The third-order valence-corrected chi connectivity index (χ3v) is 5.22. The summed E-state index contributed by atoms with van der Waals surface area (Å²) in [6, 6.07) is 6.99. The molecule has 132 valence electrons. The number of thiazole rings is 1. The van der Waals surface area contributed by atoms with E-state index in [9.17, 15) is 9.59 Å². The Kier molecular flexibility index (Phi) is 5.39. The molecule has 1 fully saturated rings. The van der Waals surface area contributed by atoms with Crippen molar-refractivity contribution in [1.29, 1.82) is 0 Å². The number of rotatable bonds is 4. The van der Waals surface area contributed by atoms with Gasteiger partial charge < -0.3 is 10.2 Å². The number of hydrogen-bond acceptors (Lipinski definition) is 4.